The largest absolute Gasteiger partial charge is 0.480 e. The van der Waals surface area contributed by atoms with Crippen molar-refractivity contribution in [3.8, 4) is 0 Å². The third-order valence-electron chi connectivity index (χ3n) is 6.73. The van der Waals surface area contributed by atoms with Crippen molar-refractivity contribution >= 4 is 41.2 Å². The highest BCUT2D eigenvalue weighted by Gasteiger charge is 2.41. The number of carbonyl (C=O) groups excluding carboxylic acids is 4. The van der Waals surface area contributed by atoms with E-state index in [9.17, 15) is 29.1 Å². The van der Waals surface area contributed by atoms with Crippen LogP contribution in [0, 0.1) is 5.41 Å². The lowest BCUT2D eigenvalue weighted by atomic mass is 10.00. The fourth-order valence-corrected chi connectivity index (χ4v) is 4.47. The zero-order chi connectivity index (χ0) is 30.3. The Labute approximate surface area is 237 Å². The second kappa shape index (κ2) is 13.4. The smallest absolute Gasteiger partial charge is 0.323 e. The van der Waals surface area contributed by atoms with Gasteiger partial charge in [0.2, 0.25) is 11.8 Å². The number of carboxylic acids is 1. The molecule has 2 aromatic rings. The molecule has 1 aliphatic rings. The third-order valence-corrected chi connectivity index (χ3v) is 6.73. The van der Waals surface area contributed by atoms with Crippen LogP contribution in [0.3, 0.4) is 0 Å². The maximum Gasteiger partial charge on any atom is 0.323 e. The van der Waals surface area contributed by atoms with Crippen molar-refractivity contribution in [2.75, 3.05) is 45.7 Å². The van der Waals surface area contributed by atoms with E-state index in [1.807, 2.05) is 43.3 Å². The molecule has 13 nitrogen and oxygen atoms in total. The standard InChI is InChI=1S/C28H34N6O7/c1-32(2)20-10-4-17(5-11-20)14-21(31-26(38)19-8-6-18(7-9-19)25(29)30)27(39)34-13-12-33(16-23(35)36)28(40)22(34)15-24(37)41-3/h4-11,21-22H,12-16H2,1-3H3,(H3,29,30)(H,31,38)(H,35,36)/t21-,22-/m0/s1. The number of aliphatic carboxylic acids is 1. The quantitative estimate of drug-likeness (QED) is 0.166. The van der Waals surface area contributed by atoms with Gasteiger partial charge < -0.3 is 35.6 Å². The van der Waals surface area contributed by atoms with Crippen LogP contribution in [-0.2, 0) is 30.3 Å². The molecule has 3 amide bonds. The number of nitrogens with zero attached hydrogens (tertiary/aromatic N) is 3. The molecule has 1 aliphatic heterocycles. The van der Waals surface area contributed by atoms with Gasteiger partial charge in [0, 0.05) is 50.4 Å². The van der Waals surface area contributed by atoms with E-state index in [0.29, 0.717) is 5.56 Å². The van der Waals surface area contributed by atoms with E-state index in [-0.39, 0.29) is 30.9 Å². The molecule has 0 spiro atoms. The number of benzene rings is 2. The van der Waals surface area contributed by atoms with Gasteiger partial charge in [-0.05, 0) is 29.8 Å². The highest BCUT2D eigenvalue weighted by atomic mass is 16.5. The molecule has 1 heterocycles. The van der Waals surface area contributed by atoms with Crippen molar-refractivity contribution in [3.05, 3.63) is 65.2 Å². The number of anilines is 1. The molecule has 0 bridgehead atoms. The van der Waals surface area contributed by atoms with Crippen LogP contribution < -0.4 is 16.0 Å². The minimum atomic E-state index is -1.30. The number of hydrogen-bond donors (Lipinski definition) is 4. The Kier molecular flexibility index (Phi) is 10.0. The molecule has 41 heavy (non-hydrogen) atoms. The summed E-state index contributed by atoms with van der Waals surface area (Å²) in [6.45, 7) is -0.675. The van der Waals surface area contributed by atoms with E-state index in [4.69, 9.17) is 15.9 Å². The van der Waals surface area contributed by atoms with Crippen LogP contribution in [0.5, 0.6) is 0 Å². The number of carbonyl (C=O) groups is 5. The highest BCUT2D eigenvalue weighted by molar-refractivity contribution is 6.01. The molecule has 0 aliphatic carbocycles. The van der Waals surface area contributed by atoms with Gasteiger partial charge in [0.1, 0.15) is 24.5 Å². The maximum absolute atomic E-state index is 14.0. The molecule has 218 valence electrons. The van der Waals surface area contributed by atoms with E-state index in [1.54, 1.807) is 0 Å². The second-order valence-electron chi connectivity index (χ2n) is 9.76. The van der Waals surface area contributed by atoms with Gasteiger partial charge in [-0.3, -0.25) is 29.4 Å². The molecule has 1 fully saturated rings. The Morgan fingerprint density at radius 2 is 1.68 bits per heavy atom. The number of amidine groups is 1. The summed E-state index contributed by atoms with van der Waals surface area (Å²) >= 11 is 0. The number of esters is 1. The SMILES string of the molecule is COC(=O)C[C@H]1C(=O)N(CC(=O)O)CCN1C(=O)[C@H](Cc1ccc(N(C)C)cc1)NC(=O)c1ccc(C(=N)N)cc1. The number of nitrogens with two attached hydrogens (primary N) is 1. The maximum atomic E-state index is 14.0. The molecule has 0 radical (unpaired) electrons. The first kappa shape index (κ1) is 30.6. The van der Waals surface area contributed by atoms with Crippen LogP contribution in [0.15, 0.2) is 48.5 Å². The fraction of sp³-hybridized carbons (Fsp3) is 0.357. The molecule has 13 heteroatoms. The number of hydrogen-bond acceptors (Lipinski definition) is 8. The minimum Gasteiger partial charge on any atom is -0.480 e. The predicted octanol–water partition coefficient (Wildman–Crippen LogP) is 0.0649. The van der Waals surface area contributed by atoms with Gasteiger partial charge in [-0.1, -0.05) is 24.3 Å². The molecule has 2 atom stereocenters. The first-order valence-electron chi connectivity index (χ1n) is 12.8. The van der Waals surface area contributed by atoms with Crippen LogP contribution in [0.4, 0.5) is 5.69 Å². The average Bonchev–Trinajstić information content (AvgIpc) is 2.94. The average molecular weight is 567 g/mol. The van der Waals surface area contributed by atoms with E-state index in [1.165, 1.54) is 29.2 Å². The summed E-state index contributed by atoms with van der Waals surface area (Å²) in [5, 5.41) is 19.5. The number of nitrogens with one attached hydrogen (secondary N) is 2. The van der Waals surface area contributed by atoms with Crippen LogP contribution in [0.1, 0.15) is 27.9 Å². The van der Waals surface area contributed by atoms with Crippen molar-refractivity contribution in [2.24, 2.45) is 5.73 Å². The Morgan fingerprint density at radius 3 is 2.22 bits per heavy atom. The molecular formula is C28H34N6O7. The molecular weight excluding hydrogens is 532 g/mol. The summed E-state index contributed by atoms with van der Waals surface area (Å²) in [5.41, 5.74) is 7.82. The Morgan fingerprint density at radius 1 is 1.07 bits per heavy atom. The first-order chi connectivity index (χ1) is 19.4. The Hall–Kier alpha value is -4.94. The van der Waals surface area contributed by atoms with Gasteiger partial charge in [-0.25, -0.2) is 0 Å². The van der Waals surface area contributed by atoms with Crippen molar-refractivity contribution in [1.29, 1.82) is 5.41 Å². The van der Waals surface area contributed by atoms with Gasteiger partial charge in [0.05, 0.1) is 13.5 Å². The molecule has 2 aromatic carbocycles. The van der Waals surface area contributed by atoms with Crippen LogP contribution >= 0.6 is 0 Å². The normalized spacial score (nSPS) is 15.6. The predicted molar refractivity (Wildman–Crippen MR) is 150 cm³/mol. The lowest BCUT2D eigenvalue weighted by molar-refractivity contribution is -0.159. The minimum absolute atomic E-state index is 0.0429. The summed E-state index contributed by atoms with van der Waals surface area (Å²) in [7, 11) is 4.93. The van der Waals surface area contributed by atoms with Gasteiger partial charge in [0.15, 0.2) is 0 Å². The second-order valence-corrected chi connectivity index (χ2v) is 9.76. The number of methoxy groups -OCH3 is 1. The lowest BCUT2D eigenvalue weighted by Gasteiger charge is -2.41. The summed E-state index contributed by atoms with van der Waals surface area (Å²) in [6.07, 6.45) is -0.389. The van der Waals surface area contributed by atoms with E-state index in [2.05, 4.69) is 5.32 Å². The van der Waals surface area contributed by atoms with Crippen molar-refractivity contribution in [1.82, 2.24) is 15.1 Å². The third kappa shape index (κ3) is 7.81. The number of carboxylic acid groups (broad SMARTS) is 1. The molecule has 0 saturated carbocycles. The summed E-state index contributed by atoms with van der Waals surface area (Å²) < 4.78 is 4.72. The van der Waals surface area contributed by atoms with E-state index < -0.39 is 54.7 Å². The van der Waals surface area contributed by atoms with Gasteiger partial charge in [-0.15, -0.1) is 0 Å². The molecule has 0 unspecified atom stereocenters. The van der Waals surface area contributed by atoms with Crippen molar-refractivity contribution in [2.45, 2.75) is 24.9 Å². The lowest BCUT2D eigenvalue weighted by Crippen LogP contribution is -2.63. The summed E-state index contributed by atoms with van der Waals surface area (Å²) in [6, 6.07) is 11.0. The molecule has 3 rings (SSSR count). The zero-order valence-electron chi connectivity index (χ0n) is 23.1. The number of nitrogen functional groups attached to an aromatic ring is 1. The van der Waals surface area contributed by atoms with E-state index in [0.717, 1.165) is 23.3 Å². The Balaban J connectivity index is 1.93. The van der Waals surface area contributed by atoms with Crippen LogP contribution in [0.25, 0.3) is 0 Å². The van der Waals surface area contributed by atoms with Gasteiger partial charge in [-0.2, -0.15) is 0 Å². The van der Waals surface area contributed by atoms with Gasteiger partial charge in [0.25, 0.3) is 5.91 Å². The van der Waals surface area contributed by atoms with Gasteiger partial charge >= 0.3 is 11.9 Å². The van der Waals surface area contributed by atoms with Crippen molar-refractivity contribution in [3.63, 3.8) is 0 Å². The summed E-state index contributed by atoms with van der Waals surface area (Å²) in [4.78, 5) is 68.0. The van der Waals surface area contributed by atoms with E-state index >= 15 is 0 Å². The zero-order valence-corrected chi connectivity index (χ0v) is 23.1. The molecule has 0 aromatic heterocycles. The topological polar surface area (TPSA) is 186 Å². The Bertz CT molecular complexity index is 1310. The monoisotopic (exact) mass is 566 g/mol. The number of piperazine rings is 1. The number of rotatable bonds is 11. The van der Waals surface area contributed by atoms with Crippen molar-refractivity contribution < 1.29 is 33.8 Å². The fourth-order valence-electron chi connectivity index (χ4n) is 4.47. The van der Waals surface area contributed by atoms with Crippen LogP contribution in [0.2, 0.25) is 0 Å². The highest BCUT2D eigenvalue weighted by Crippen LogP contribution is 2.20. The first-order valence-corrected chi connectivity index (χ1v) is 12.8. The number of amides is 3. The molecule has 5 N–H and O–H groups in total. The summed E-state index contributed by atoms with van der Waals surface area (Å²) in [5.74, 6) is -4.00. The molecule has 1 saturated heterocycles. The van der Waals surface area contributed by atoms with Crippen LogP contribution in [-0.4, -0.2) is 103 Å². The number of ether oxygens (including phenoxy) is 1.